The summed E-state index contributed by atoms with van der Waals surface area (Å²) >= 11 is 1.45. The van der Waals surface area contributed by atoms with Gasteiger partial charge in [0, 0.05) is 60.5 Å². The van der Waals surface area contributed by atoms with Crippen LogP contribution < -0.4 is 31.1 Å². The molecule has 0 radical (unpaired) electrons. The highest BCUT2D eigenvalue weighted by Gasteiger charge is 2.43. The first-order chi connectivity index (χ1) is 28.0. The van der Waals surface area contributed by atoms with Crippen LogP contribution >= 0.6 is 11.3 Å². The summed E-state index contributed by atoms with van der Waals surface area (Å²) in [5, 5.41) is 13.5. The SMILES string of the molecule is CNC(=O)Nc1ccc(-c2sc3c(c2CNCCOC)C(=C2CCCC2)N(c2ccc(C(C)(NC(C)C)C4CCCC4)cc2)C(=O)N3Cc2c(F)cccc2F)cc1. The molecule has 0 spiro atoms. The fourth-order valence-electron chi connectivity index (χ4n) is 9.08. The molecule has 1 unspecified atom stereocenters. The number of nitrogens with one attached hydrogen (secondary N) is 4. The van der Waals surface area contributed by atoms with Crippen LogP contribution in [-0.2, 0) is 23.4 Å². The van der Waals surface area contributed by atoms with Gasteiger partial charge < -0.3 is 26.0 Å². The fourth-order valence-corrected chi connectivity index (χ4v) is 10.4. The summed E-state index contributed by atoms with van der Waals surface area (Å²) in [7, 11) is 3.23. The summed E-state index contributed by atoms with van der Waals surface area (Å²) in [6.07, 6.45) is 8.49. The van der Waals surface area contributed by atoms with Gasteiger partial charge in [-0.2, -0.15) is 0 Å². The molecule has 1 aliphatic heterocycles. The Hall–Kier alpha value is -4.62. The normalized spacial score (nSPS) is 17.0. The van der Waals surface area contributed by atoms with Crippen LogP contribution in [0.3, 0.4) is 0 Å². The molecule has 3 aliphatic rings. The summed E-state index contributed by atoms with van der Waals surface area (Å²) < 4.78 is 36.4. The number of halogens is 2. The van der Waals surface area contributed by atoms with Crippen molar-refractivity contribution < 1.29 is 23.1 Å². The molecule has 0 saturated heterocycles. The van der Waals surface area contributed by atoms with Crippen LogP contribution in [0.25, 0.3) is 16.1 Å². The van der Waals surface area contributed by atoms with Crippen LogP contribution in [0.5, 0.6) is 0 Å². The van der Waals surface area contributed by atoms with E-state index in [9.17, 15) is 4.79 Å². The largest absolute Gasteiger partial charge is 0.383 e. The molecule has 1 aromatic heterocycles. The van der Waals surface area contributed by atoms with Crippen molar-refractivity contribution in [2.45, 2.75) is 96.8 Å². The molecular formula is C46H56F2N6O3S. The van der Waals surface area contributed by atoms with Crippen molar-refractivity contribution in [1.29, 1.82) is 0 Å². The summed E-state index contributed by atoms with van der Waals surface area (Å²) in [6.45, 7) is 7.96. The number of hydrogen-bond donors (Lipinski definition) is 4. The fraction of sp³-hybridized carbons (Fsp3) is 0.435. The molecule has 1 atom stereocenters. The van der Waals surface area contributed by atoms with Gasteiger partial charge in [-0.05, 0) is 110 Å². The summed E-state index contributed by atoms with van der Waals surface area (Å²) in [6, 6.07) is 19.4. The number of carbonyl (C=O) groups excluding carboxylic acids is 2. The van der Waals surface area contributed by atoms with Crippen LogP contribution in [0.15, 0.2) is 72.3 Å². The standard InChI is InChI=1S/C46H56F2N6O3S/c1-29(2)52-46(3,32-13-8-9-14-32)33-19-23-35(24-20-33)54-41(30-11-6-7-12-30)40-36(27-50-25-26-57-5)42(31-17-21-34(22-18-31)51-44(55)49-4)58-43(40)53(45(54)56)28-37-38(47)15-10-16-39(37)48/h10,15-24,29,32,50,52H,6-9,11-14,25-28H2,1-5H3,(H2,49,51,55). The van der Waals surface area contributed by atoms with Crippen molar-refractivity contribution in [3.63, 3.8) is 0 Å². The van der Waals surface area contributed by atoms with Gasteiger partial charge in [-0.3, -0.25) is 9.80 Å². The van der Waals surface area contributed by atoms with Gasteiger partial charge in [0.05, 0.1) is 24.5 Å². The van der Waals surface area contributed by atoms with E-state index in [-0.39, 0.29) is 35.8 Å². The predicted octanol–water partition coefficient (Wildman–Crippen LogP) is 10.5. The van der Waals surface area contributed by atoms with Gasteiger partial charge in [0.1, 0.15) is 16.6 Å². The molecule has 4 N–H and O–H groups in total. The molecule has 58 heavy (non-hydrogen) atoms. The Morgan fingerprint density at radius 1 is 0.948 bits per heavy atom. The monoisotopic (exact) mass is 810 g/mol. The second-order valence-electron chi connectivity index (χ2n) is 16.1. The van der Waals surface area contributed by atoms with Gasteiger partial charge in [-0.1, -0.05) is 57.0 Å². The average molecular weight is 811 g/mol. The van der Waals surface area contributed by atoms with Gasteiger partial charge >= 0.3 is 12.1 Å². The van der Waals surface area contributed by atoms with E-state index in [4.69, 9.17) is 4.74 Å². The quantitative estimate of drug-likeness (QED) is 0.0951. The maximum absolute atomic E-state index is 15.5. The number of fused-ring (bicyclic) bond motifs is 1. The van der Waals surface area contributed by atoms with Crippen LogP contribution in [0.1, 0.15) is 94.4 Å². The van der Waals surface area contributed by atoms with Crippen molar-refractivity contribution in [3.8, 4) is 10.4 Å². The predicted molar refractivity (Wildman–Crippen MR) is 231 cm³/mol. The molecule has 3 aromatic carbocycles. The molecule has 2 heterocycles. The van der Waals surface area contributed by atoms with Crippen LogP contribution in [0, 0.1) is 17.6 Å². The van der Waals surface area contributed by atoms with Gasteiger partial charge in [0.25, 0.3) is 0 Å². The molecule has 4 amide bonds. The van der Waals surface area contributed by atoms with E-state index in [1.807, 2.05) is 36.4 Å². The van der Waals surface area contributed by atoms with E-state index >= 15 is 13.6 Å². The highest BCUT2D eigenvalue weighted by atomic mass is 32.1. The Morgan fingerprint density at radius 2 is 1.62 bits per heavy atom. The van der Waals surface area contributed by atoms with Crippen molar-refractivity contribution in [1.82, 2.24) is 16.0 Å². The zero-order valence-corrected chi connectivity index (χ0v) is 35.1. The van der Waals surface area contributed by atoms with Crippen LogP contribution in [0.2, 0.25) is 0 Å². The highest BCUT2D eigenvalue weighted by molar-refractivity contribution is 7.20. The molecule has 2 saturated carbocycles. The second-order valence-corrected chi connectivity index (χ2v) is 17.1. The van der Waals surface area contributed by atoms with Crippen molar-refractivity contribution in [2.24, 2.45) is 5.92 Å². The smallest absolute Gasteiger partial charge is 0.334 e. The molecule has 2 aliphatic carbocycles. The number of amides is 4. The van der Waals surface area contributed by atoms with E-state index in [0.717, 1.165) is 65.8 Å². The Balaban J connectivity index is 1.42. The molecule has 4 aromatic rings. The number of allylic oxidation sites excluding steroid dienone is 1. The lowest BCUT2D eigenvalue weighted by atomic mass is 9.78. The minimum absolute atomic E-state index is 0.166. The Morgan fingerprint density at radius 3 is 2.24 bits per heavy atom. The molecule has 12 heteroatoms. The van der Waals surface area contributed by atoms with E-state index < -0.39 is 11.6 Å². The third-order valence-corrected chi connectivity index (χ3v) is 13.2. The Kier molecular flexibility index (Phi) is 13.0. The average Bonchev–Trinajstić information content (AvgIpc) is 4.02. The Bertz CT molecular complexity index is 2100. The van der Waals surface area contributed by atoms with E-state index in [0.29, 0.717) is 42.0 Å². The maximum atomic E-state index is 15.5. The number of urea groups is 2. The van der Waals surface area contributed by atoms with Gasteiger partial charge in [0.2, 0.25) is 0 Å². The number of thiophene rings is 1. The number of ether oxygens (including phenoxy) is 1. The van der Waals surface area contributed by atoms with Gasteiger partial charge in [0.15, 0.2) is 0 Å². The number of benzene rings is 3. The van der Waals surface area contributed by atoms with Gasteiger partial charge in [-0.25, -0.2) is 18.4 Å². The number of carbonyl (C=O) groups is 2. The first-order valence-electron chi connectivity index (χ1n) is 20.6. The number of methoxy groups -OCH3 is 1. The lowest BCUT2D eigenvalue weighted by Crippen LogP contribution is -2.48. The lowest BCUT2D eigenvalue weighted by Gasteiger charge is -2.41. The zero-order chi connectivity index (χ0) is 41.0. The zero-order valence-electron chi connectivity index (χ0n) is 34.3. The summed E-state index contributed by atoms with van der Waals surface area (Å²) in [4.78, 5) is 31.7. The lowest BCUT2D eigenvalue weighted by molar-refractivity contribution is 0.199. The maximum Gasteiger partial charge on any atom is 0.334 e. The molecule has 2 fully saturated rings. The molecule has 0 bridgehead atoms. The van der Waals surface area contributed by atoms with E-state index in [1.165, 1.54) is 53.5 Å². The summed E-state index contributed by atoms with van der Waals surface area (Å²) in [5.74, 6) is -0.911. The number of hydrogen-bond acceptors (Lipinski definition) is 6. The van der Waals surface area contributed by atoms with Crippen LogP contribution in [-0.4, -0.2) is 45.4 Å². The highest BCUT2D eigenvalue weighted by Crippen LogP contribution is 2.53. The van der Waals surface area contributed by atoms with Crippen LogP contribution in [0.4, 0.5) is 34.7 Å². The first kappa shape index (κ1) is 41.5. The third-order valence-electron chi connectivity index (χ3n) is 11.9. The molecular weight excluding hydrogens is 755 g/mol. The third kappa shape index (κ3) is 8.43. The number of rotatable bonds is 14. The molecule has 7 rings (SSSR count). The molecule has 9 nitrogen and oxygen atoms in total. The van der Waals surface area contributed by atoms with E-state index in [1.54, 1.807) is 24.0 Å². The number of anilines is 3. The minimum atomic E-state index is -0.702. The van der Waals surface area contributed by atoms with Gasteiger partial charge in [-0.15, -0.1) is 11.3 Å². The second kappa shape index (κ2) is 18.1. The van der Waals surface area contributed by atoms with Crippen molar-refractivity contribution in [3.05, 3.63) is 106 Å². The minimum Gasteiger partial charge on any atom is -0.383 e. The van der Waals surface area contributed by atoms with Crippen molar-refractivity contribution >= 4 is 45.5 Å². The Labute approximate surface area is 345 Å². The first-order valence-corrected chi connectivity index (χ1v) is 21.4. The summed E-state index contributed by atoms with van der Waals surface area (Å²) in [5.41, 5.74) is 6.95. The number of nitrogens with zero attached hydrogens (tertiary/aromatic N) is 2. The van der Waals surface area contributed by atoms with E-state index in [2.05, 4.69) is 54.2 Å². The molecule has 308 valence electrons. The van der Waals surface area contributed by atoms with Crippen molar-refractivity contribution in [2.75, 3.05) is 42.4 Å². The topological polar surface area (TPSA) is 98.0 Å².